The highest BCUT2D eigenvalue weighted by atomic mass is 32.2. The fourth-order valence-corrected chi connectivity index (χ4v) is 3.22. The van der Waals surface area contributed by atoms with Crippen LogP contribution in [0.5, 0.6) is 5.75 Å². The Morgan fingerprint density at radius 1 is 1.10 bits per heavy atom. The Hall–Kier alpha value is -3.33. The Bertz CT molecular complexity index is 1030. The van der Waals surface area contributed by atoms with E-state index < -0.39 is 5.97 Å². The van der Waals surface area contributed by atoms with Gasteiger partial charge in [-0.3, -0.25) is 5.43 Å². The van der Waals surface area contributed by atoms with Gasteiger partial charge in [0.15, 0.2) is 11.0 Å². The highest BCUT2D eigenvalue weighted by Gasteiger charge is 2.20. The van der Waals surface area contributed by atoms with Crippen molar-refractivity contribution in [2.75, 3.05) is 19.6 Å². The summed E-state index contributed by atoms with van der Waals surface area (Å²) in [6.45, 7) is 1.95. The molecule has 3 aromatic rings. The summed E-state index contributed by atoms with van der Waals surface area (Å²) in [5.74, 6) is 0.851. The van der Waals surface area contributed by atoms with E-state index in [4.69, 9.17) is 9.47 Å². The van der Waals surface area contributed by atoms with E-state index in [1.165, 1.54) is 7.11 Å². The maximum Gasteiger partial charge on any atom is 0.365 e. The van der Waals surface area contributed by atoms with E-state index in [-0.39, 0.29) is 5.04 Å². The molecule has 1 aromatic heterocycles. The minimum Gasteiger partial charge on any atom is -0.497 e. The van der Waals surface area contributed by atoms with Gasteiger partial charge < -0.3 is 14.0 Å². The van der Waals surface area contributed by atoms with Crippen LogP contribution in [0, 0.1) is 6.92 Å². The zero-order valence-electron chi connectivity index (χ0n) is 16.5. The average molecular weight is 411 g/mol. The molecule has 1 N–H and O–H groups in total. The van der Waals surface area contributed by atoms with Crippen LogP contribution >= 0.6 is 11.8 Å². The lowest BCUT2D eigenvalue weighted by atomic mass is 10.2. The second-order valence-electron chi connectivity index (χ2n) is 6.03. The predicted molar refractivity (Wildman–Crippen MR) is 113 cm³/mol. The molecule has 0 fully saturated rings. The van der Waals surface area contributed by atoms with Gasteiger partial charge in [0.2, 0.25) is 5.04 Å². The van der Waals surface area contributed by atoms with E-state index >= 15 is 0 Å². The molecule has 0 spiro atoms. The standard InChI is InChI=1S/C20H21N5O3S/c1-13-7-5-6-8-16(13)21-23-18(19(26)28-4)29-20-24-22-17(25(20)2)14-9-11-15(27-3)12-10-14/h5-12,21H,1-4H3/b23-18+. The number of benzene rings is 2. The van der Waals surface area contributed by atoms with Crippen LogP contribution in [0.4, 0.5) is 5.69 Å². The number of nitrogens with one attached hydrogen (secondary N) is 1. The largest absolute Gasteiger partial charge is 0.497 e. The van der Waals surface area contributed by atoms with Crippen molar-refractivity contribution >= 4 is 28.5 Å². The molecule has 8 nitrogen and oxygen atoms in total. The Kier molecular flexibility index (Phi) is 6.50. The number of carbonyl (C=O) groups excluding carboxylic acids is 1. The Balaban J connectivity index is 1.84. The monoisotopic (exact) mass is 411 g/mol. The zero-order valence-corrected chi connectivity index (χ0v) is 17.4. The first-order chi connectivity index (χ1) is 14.0. The molecule has 1 heterocycles. The molecule has 0 saturated carbocycles. The number of carbonyl (C=O) groups is 1. The topological polar surface area (TPSA) is 90.6 Å². The van der Waals surface area contributed by atoms with Crippen molar-refractivity contribution in [3.63, 3.8) is 0 Å². The summed E-state index contributed by atoms with van der Waals surface area (Å²) >= 11 is 1.07. The fraction of sp³-hybridized carbons (Fsp3) is 0.200. The van der Waals surface area contributed by atoms with E-state index in [0.29, 0.717) is 11.0 Å². The number of hydrogen-bond donors (Lipinski definition) is 1. The number of esters is 1. The van der Waals surface area contributed by atoms with E-state index in [1.807, 2.05) is 62.5 Å². The number of hydrazone groups is 1. The molecule has 150 valence electrons. The summed E-state index contributed by atoms with van der Waals surface area (Å²) in [5, 5.41) is 13.3. The number of methoxy groups -OCH3 is 2. The smallest absolute Gasteiger partial charge is 0.365 e. The van der Waals surface area contributed by atoms with E-state index in [9.17, 15) is 4.79 Å². The van der Waals surface area contributed by atoms with Crippen molar-refractivity contribution < 1.29 is 14.3 Å². The van der Waals surface area contributed by atoms with Crippen molar-refractivity contribution in [1.82, 2.24) is 14.8 Å². The van der Waals surface area contributed by atoms with Gasteiger partial charge in [-0.15, -0.1) is 10.2 Å². The lowest BCUT2D eigenvalue weighted by Crippen LogP contribution is -2.15. The molecular weight excluding hydrogens is 390 g/mol. The highest BCUT2D eigenvalue weighted by molar-refractivity contribution is 8.15. The molecule has 0 aliphatic rings. The number of anilines is 1. The fourth-order valence-electron chi connectivity index (χ4n) is 2.49. The third kappa shape index (κ3) is 4.75. The summed E-state index contributed by atoms with van der Waals surface area (Å²) < 4.78 is 11.8. The van der Waals surface area contributed by atoms with Crippen molar-refractivity contribution in [3.05, 3.63) is 54.1 Å². The van der Waals surface area contributed by atoms with E-state index in [0.717, 1.165) is 34.3 Å². The summed E-state index contributed by atoms with van der Waals surface area (Å²) in [6.07, 6.45) is 0. The van der Waals surface area contributed by atoms with Gasteiger partial charge in [0, 0.05) is 12.6 Å². The molecule has 2 aromatic carbocycles. The molecule has 0 amide bonds. The average Bonchev–Trinajstić information content (AvgIpc) is 3.11. The second kappa shape index (κ2) is 9.24. The van der Waals surface area contributed by atoms with Gasteiger partial charge in [0.05, 0.1) is 19.9 Å². The summed E-state index contributed by atoms with van der Waals surface area (Å²) in [6, 6.07) is 15.1. The normalized spacial score (nSPS) is 11.2. The maximum absolute atomic E-state index is 12.2. The van der Waals surface area contributed by atoms with E-state index in [2.05, 4.69) is 20.7 Å². The predicted octanol–water partition coefficient (Wildman–Crippen LogP) is 3.49. The van der Waals surface area contributed by atoms with Crippen LogP contribution in [0.15, 0.2) is 58.8 Å². The molecule has 0 aliphatic heterocycles. The second-order valence-corrected chi connectivity index (χ2v) is 6.99. The number of rotatable bonds is 5. The maximum atomic E-state index is 12.2. The van der Waals surface area contributed by atoms with Crippen LogP contribution in [0.3, 0.4) is 0 Å². The number of aryl methyl sites for hydroxylation is 1. The number of hydrogen-bond acceptors (Lipinski definition) is 8. The number of para-hydroxylation sites is 1. The van der Waals surface area contributed by atoms with Gasteiger partial charge in [-0.05, 0) is 54.6 Å². The number of aromatic nitrogens is 3. The van der Waals surface area contributed by atoms with Crippen LogP contribution in [0.1, 0.15) is 5.56 Å². The highest BCUT2D eigenvalue weighted by Crippen LogP contribution is 2.25. The molecule has 0 bridgehead atoms. The summed E-state index contributed by atoms with van der Waals surface area (Å²) in [4.78, 5) is 12.2. The van der Waals surface area contributed by atoms with Crippen LogP contribution in [-0.2, 0) is 16.6 Å². The van der Waals surface area contributed by atoms with Gasteiger partial charge in [-0.2, -0.15) is 5.10 Å². The molecule has 0 unspecified atom stereocenters. The quantitative estimate of drug-likeness (QED) is 0.226. The Morgan fingerprint density at radius 2 is 1.83 bits per heavy atom. The molecule has 29 heavy (non-hydrogen) atoms. The molecule has 0 atom stereocenters. The zero-order chi connectivity index (χ0) is 20.8. The van der Waals surface area contributed by atoms with Gasteiger partial charge in [-0.1, -0.05) is 18.2 Å². The number of nitrogens with zero attached hydrogens (tertiary/aromatic N) is 4. The minimum absolute atomic E-state index is 0.118. The molecule has 9 heteroatoms. The van der Waals surface area contributed by atoms with Crippen LogP contribution in [0.2, 0.25) is 0 Å². The van der Waals surface area contributed by atoms with Crippen molar-refractivity contribution in [2.24, 2.45) is 12.1 Å². The SMILES string of the molecule is COC(=O)/C(=N\Nc1ccccc1C)Sc1nnc(-c2ccc(OC)cc2)n1C. The van der Waals surface area contributed by atoms with E-state index in [1.54, 1.807) is 11.7 Å². The third-order valence-corrected chi connectivity index (χ3v) is 5.14. The van der Waals surface area contributed by atoms with Gasteiger partial charge >= 0.3 is 5.97 Å². The minimum atomic E-state index is -0.565. The molecule has 0 saturated heterocycles. The first-order valence-corrected chi connectivity index (χ1v) is 9.54. The third-order valence-electron chi connectivity index (χ3n) is 4.15. The number of thioether (sulfide) groups is 1. The van der Waals surface area contributed by atoms with Gasteiger partial charge in [0.25, 0.3) is 0 Å². The molecule has 3 rings (SSSR count). The van der Waals surface area contributed by atoms with Gasteiger partial charge in [-0.25, -0.2) is 4.79 Å². The summed E-state index contributed by atoms with van der Waals surface area (Å²) in [5.41, 5.74) is 5.59. The van der Waals surface area contributed by atoms with Crippen molar-refractivity contribution in [3.8, 4) is 17.1 Å². The molecular formula is C20H21N5O3S. The lowest BCUT2D eigenvalue weighted by molar-refractivity contribution is -0.132. The van der Waals surface area contributed by atoms with Gasteiger partial charge in [0.1, 0.15) is 5.75 Å². The lowest BCUT2D eigenvalue weighted by Gasteiger charge is -2.08. The van der Waals surface area contributed by atoms with Crippen LogP contribution in [-0.4, -0.2) is 40.0 Å². The number of ether oxygens (including phenoxy) is 2. The molecule has 0 radical (unpaired) electrons. The van der Waals surface area contributed by atoms with Crippen LogP contribution < -0.4 is 10.2 Å². The Labute approximate surface area is 172 Å². The molecule has 0 aliphatic carbocycles. The summed E-state index contributed by atoms with van der Waals surface area (Å²) in [7, 11) is 4.75. The van der Waals surface area contributed by atoms with Crippen molar-refractivity contribution in [2.45, 2.75) is 12.1 Å². The Morgan fingerprint density at radius 3 is 2.48 bits per heavy atom. The van der Waals surface area contributed by atoms with Crippen molar-refractivity contribution in [1.29, 1.82) is 0 Å². The van der Waals surface area contributed by atoms with Crippen LogP contribution in [0.25, 0.3) is 11.4 Å². The first kappa shape index (κ1) is 20.4. The first-order valence-electron chi connectivity index (χ1n) is 8.72.